The topological polar surface area (TPSA) is 73.9 Å². The number of amides is 1. The molecule has 0 aromatic heterocycles. The van der Waals surface area contributed by atoms with Gasteiger partial charge in [-0.1, -0.05) is 6.07 Å². The molecule has 0 saturated heterocycles. The van der Waals surface area contributed by atoms with Gasteiger partial charge in [0.15, 0.2) is 11.5 Å². The first-order valence-electron chi connectivity index (χ1n) is 7.52. The molecule has 23 heavy (non-hydrogen) atoms. The number of esters is 1. The molecule has 0 spiro atoms. The highest BCUT2D eigenvalue weighted by atomic mass is 32.2. The second kappa shape index (κ2) is 8.67. The molecule has 2 rings (SSSR count). The number of nitrogens with one attached hydrogen (secondary N) is 1. The first kappa shape index (κ1) is 17.5. The van der Waals surface area contributed by atoms with Gasteiger partial charge in [-0.3, -0.25) is 9.59 Å². The molecule has 0 aliphatic carbocycles. The smallest absolute Gasteiger partial charge is 0.315 e. The average Bonchev–Trinajstić information content (AvgIpc) is 2.54. The highest BCUT2D eigenvalue weighted by Crippen LogP contribution is 2.32. The van der Waals surface area contributed by atoms with E-state index in [-0.39, 0.29) is 29.4 Å². The van der Waals surface area contributed by atoms with Gasteiger partial charge in [0.25, 0.3) is 0 Å². The Morgan fingerprint density at radius 2 is 2.00 bits per heavy atom. The number of hydrogen-bond acceptors (Lipinski definition) is 6. The van der Waals surface area contributed by atoms with Crippen molar-refractivity contribution in [1.82, 2.24) is 5.32 Å². The molecule has 1 aromatic carbocycles. The van der Waals surface area contributed by atoms with E-state index in [1.165, 1.54) is 11.8 Å². The largest absolute Gasteiger partial charge is 0.486 e. The predicted octanol–water partition coefficient (Wildman–Crippen LogP) is 1.93. The van der Waals surface area contributed by atoms with Crippen LogP contribution < -0.4 is 14.8 Å². The molecule has 0 unspecified atom stereocenters. The summed E-state index contributed by atoms with van der Waals surface area (Å²) in [6.07, 6.45) is 0. The summed E-state index contributed by atoms with van der Waals surface area (Å²) < 4.78 is 15.8. The van der Waals surface area contributed by atoms with Crippen LogP contribution in [0.3, 0.4) is 0 Å². The van der Waals surface area contributed by atoms with E-state index in [9.17, 15) is 9.59 Å². The highest BCUT2D eigenvalue weighted by molar-refractivity contribution is 8.00. The van der Waals surface area contributed by atoms with Crippen molar-refractivity contribution in [3.05, 3.63) is 23.8 Å². The number of ether oxygens (including phenoxy) is 3. The molecular weight excluding hydrogens is 318 g/mol. The van der Waals surface area contributed by atoms with Gasteiger partial charge in [0, 0.05) is 0 Å². The lowest BCUT2D eigenvalue weighted by Crippen LogP contribution is -2.28. The zero-order valence-electron chi connectivity index (χ0n) is 13.3. The molecule has 1 aromatic rings. The van der Waals surface area contributed by atoms with Crippen molar-refractivity contribution < 1.29 is 23.8 Å². The zero-order chi connectivity index (χ0) is 16.7. The Labute approximate surface area is 139 Å². The quantitative estimate of drug-likeness (QED) is 0.765. The van der Waals surface area contributed by atoms with Crippen LogP contribution in [0.15, 0.2) is 18.2 Å². The highest BCUT2D eigenvalue weighted by Gasteiger charge is 2.16. The third-order valence-corrected chi connectivity index (χ3v) is 4.11. The SMILES string of the molecule is CCOC(=O)CSCC(=O)N[C@H](C)c1ccc2c(c1)OCCO2. The Morgan fingerprint density at radius 1 is 1.26 bits per heavy atom. The van der Waals surface area contributed by atoms with E-state index in [2.05, 4.69) is 5.32 Å². The normalized spacial score (nSPS) is 14.0. The minimum absolute atomic E-state index is 0.123. The third kappa shape index (κ3) is 5.35. The van der Waals surface area contributed by atoms with Gasteiger partial charge in [0.1, 0.15) is 13.2 Å². The minimum atomic E-state index is -0.301. The number of rotatable bonds is 7. The number of fused-ring (bicyclic) bond motifs is 1. The Kier molecular flexibility index (Phi) is 6.58. The van der Waals surface area contributed by atoms with Gasteiger partial charge < -0.3 is 19.5 Å². The van der Waals surface area contributed by atoms with Crippen molar-refractivity contribution >= 4 is 23.6 Å². The molecule has 1 N–H and O–H groups in total. The standard InChI is InChI=1S/C16H21NO5S/c1-3-20-16(19)10-23-9-15(18)17-11(2)12-4-5-13-14(8-12)22-7-6-21-13/h4-5,8,11H,3,6-7,9-10H2,1-2H3,(H,17,18)/t11-/m1/s1. The molecule has 1 atom stereocenters. The molecule has 0 saturated carbocycles. The monoisotopic (exact) mass is 339 g/mol. The fourth-order valence-electron chi connectivity index (χ4n) is 2.13. The summed E-state index contributed by atoms with van der Waals surface area (Å²) in [5.41, 5.74) is 0.943. The fourth-order valence-corrected chi connectivity index (χ4v) is 2.75. The Balaban J connectivity index is 1.80. The van der Waals surface area contributed by atoms with Crippen LogP contribution in [-0.2, 0) is 14.3 Å². The lowest BCUT2D eigenvalue weighted by Gasteiger charge is -2.21. The van der Waals surface area contributed by atoms with Gasteiger partial charge in [-0.2, -0.15) is 0 Å². The third-order valence-electron chi connectivity index (χ3n) is 3.20. The van der Waals surface area contributed by atoms with Crippen molar-refractivity contribution in [1.29, 1.82) is 0 Å². The maximum atomic E-state index is 11.9. The van der Waals surface area contributed by atoms with E-state index in [1.807, 2.05) is 25.1 Å². The summed E-state index contributed by atoms with van der Waals surface area (Å²) in [4.78, 5) is 23.1. The Bertz CT molecular complexity index is 563. The summed E-state index contributed by atoms with van der Waals surface area (Å²) in [6.45, 7) is 5.09. The summed E-state index contributed by atoms with van der Waals surface area (Å²) in [5, 5.41) is 2.90. The Morgan fingerprint density at radius 3 is 2.74 bits per heavy atom. The van der Waals surface area contributed by atoms with Crippen LogP contribution in [0.5, 0.6) is 11.5 Å². The van der Waals surface area contributed by atoms with Crippen molar-refractivity contribution in [3.8, 4) is 11.5 Å². The van der Waals surface area contributed by atoms with Crippen LogP contribution in [-0.4, -0.2) is 43.2 Å². The molecule has 1 heterocycles. The van der Waals surface area contributed by atoms with E-state index in [0.717, 1.165) is 11.3 Å². The van der Waals surface area contributed by atoms with Gasteiger partial charge in [0.05, 0.1) is 24.2 Å². The zero-order valence-corrected chi connectivity index (χ0v) is 14.1. The van der Waals surface area contributed by atoms with Crippen molar-refractivity contribution in [2.24, 2.45) is 0 Å². The van der Waals surface area contributed by atoms with Crippen molar-refractivity contribution in [2.75, 3.05) is 31.3 Å². The minimum Gasteiger partial charge on any atom is -0.486 e. The van der Waals surface area contributed by atoms with Crippen LogP contribution in [0.4, 0.5) is 0 Å². The van der Waals surface area contributed by atoms with E-state index in [4.69, 9.17) is 14.2 Å². The second-order valence-corrected chi connectivity index (χ2v) is 5.98. The molecule has 0 fully saturated rings. The lowest BCUT2D eigenvalue weighted by molar-refractivity contribution is -0.139. The molecule has 1 amide bonds. The van der Waals surface area contributed by atoms with E-state index < -0.39 is 0 Å². The van der Waals surface area contributed by atoms with Crippen molar-refractivity contribution in [2.45, 2.75) is 19.9 Å². The predicted molar refractivity (Wildman–Crippen MR) is 87.9 cm³/mol. The summed E-state index contributed by atoms with van der Waals surface area (Å²) in [7, 11) is 0. The summed E-state index contributed by atoms with van der Waals surface area (Å²) in [5.74, 6) is 1.40. The van der Waals surface area contributed by atoms with Crippen LogP contribution in [0, 0.1) is 0 Å². The molecule has 0 radical (unpaired) electrons. The first-order valence-corrected chi connectivity index (χ1v) is 8.68. The number of carbonyl (C=O) groups excluding carboxylic acids is 2. The van der Waals surface area contributed by atoms with Crippen molar-refractivity contribution in [3.63, 3.8) is 0 Å². The first-order chi connectivity index (χ1) is 11.1. The molecule has 1 aliphatic heterocycles. The van der Waals surface area contributed by atoms with E-state index in [0.29, 0.717) is 25.6 Å². The molecule has 7 heteroatoms. The number of hydrogen-bond donors (Lipinski definition) is 1. The van der Waals surface area contributed by atoms with Gasteiger partial charge in [-0.25, -0.2) is 0 Å². The number of benzene rings is 1. The molecule has 126 valence electrons. The molecule has 1 aliphatic rings. The van der Waals surface area contributed by atoms with Crippen LogP contribution in [0.1, 0.15) is 25.5 Å². The second-order valence-electron chi connectivity index (χ2n) is 4.99. The van der Waals surface area contributed by atoms with E-state index >= 15 is 0 Å². The lowest BCUT2D eigenvalue weighted by atomic mass is 10.1. The number of thioether (sulfide) groups is 1. The fraction of sp³-hybridized carbons (Fsp3) is 0.500. The molecule has 0 bridgehead atoms. The number of carbonyl (C=O) groups is 2. The van der Waals surface area contributed by atoms with Crippen LogP contribution in [0.2, 0.25) is 0 Å². The molecular formula is C16H21NO5S. The maximum absolute atomic E-state index is 11.9. The molecule has 6 nitrogen and oxygen atoms in total. The van der Waals surface area contributed by atoms with E-state index in [1.54, 1.807) is 6.92 Å². The maximum Gasteiger partial charge on any atom is 0.315 e. The van der Waals surface area contributed by atoms with Crippen LogP contribution in [0.25, 0.3) is 0 Å². The summed E-state index contributed by atoms with van der Waals surface area (Å²) in [6, 6.07) is 5.48. The van der Waals surface area contributed by atoms with Gasteiger partial charge in [-0.05, 0) is 31.5 Å². The van der Waals surface area contributed by atoms with Gasteiger partial charge in [0.2, 0.25) is 5.91 Å². The van der Waals surface area contributed by atoms with Gasteiger partial charge in [-0.15, -0.1) is 11.8 Å². The Hall–Kier alpha value is -1.89. The van der Waals surface area contributed by atoms with Gasteiger partial charge >= 0.3 is 5.97 Å². The average molecular weight is 339 g/mol. The summed E-state index contributed by atoms with van der Waals surface area (Å²) >= 11 is 1.24. The van der Waals surface area contributed by atoms with Crippen LogP contribution >= 0.6 is 11.8 Å².